The lowest BCUT2D eigenvalue weighted by molar-refractivity contribution is -0.132. The van der Waals surface area contributed by atoms with Crippen LogP contribution in [0.5, 0.6) is 5.75 Å². The van der Waals surface area contributed by atoms with Crippen LogP contribution in [0, 0.1) is 4.77 Å². The molecule has 3 heterocycles. The monoisotopic (exact) mass is 493 g/mol. The third-order valence-electron chi connectivity index (χ3n) is 6.24. The number of H-pyrrole nitrogens is 1. The molecule has 1 N–H and O–H groups in total. The van der Waals surface area contributed by atoms with E-state index in [1.807, 2.05) is 46.7 Å². The normalized spacial score (nSPS) is 14.6. The molecule has 2 aromatic heterocycles. The van der Waals surface area contributed by atoms with E-state index in [0.29, 0.717) is 30.3 Å². The van der Waals surface area contributed by atoms with Crippen molar-refractivity contribution in [3.8, 4) is 17.1 Å². The maximum absolute atomic E-state index is 13.0. The highest BCUT2D eigenvalue weighted by atomic mass is 32.1. The summed E-state index contributed by atoms with van der Waals surface area (Å²) in [6, 6.07) is 16.0. The first-order chi connectivity index (χ1) is 16.6. The van der Waals surface area contributed by atoms with Gasteiger partial charge in [-0.05, 0) is 68.4 Å². The van der Waals surface area contributed by atoms with Gasteiger partial charge in [0.25, 0.3) is 0 Å². The Morgan fingerprint density at radius 3 is 2.68 bits per heavy atom. The summed E-state index contributed by atoms with van der Waals surface area (Å²) in [5.74, 6) is 2.13. The zero-order valence-corrected chi connectivity index (χ0v) is 20.7. The quantitative estimate of drug-likeness (QED) is 0.348. The molecule has 34 heavy (non-hydrogen) atoms. The number of amides is 1. The average Bonchev–Trinajstić information content (AvgIpc) is 3.47. The molecule has 1 fully saturated rings. The summed E-state index contributed by atoms with van der Waals surface area (Å²) in [7, 11) is 0. The SMILES string of the molecule is CCOc1ccc(-c2n[nH]c(=S)n2CCC(=O)N2CCC(c3nc4ccccc4s3)CC2)cc1. The van der Waals surface area contributed by atoms with E-state index in [2.05, 4.69) is 28.4 Å². The van der Waals surface area contributed by atoms with Crippen molar-refractivity contribution >= 4 is 39.7 Å². The van der Waals surface area contributed by atoms with E-state index in [1.165, 1.54) is 9.71 Å². The fraction of sp³-hybridized carbons (Fsp3) is 0.360. The number of aromatic nitrogens is 4. The first-order valence-electron chi connectivity index (χ1n) is 11.6. The van der Waals surface area contributed by atoms with E-state index in [-0.39, 0.29) is 5.91 Å². The van der Waals surface area contributed by atoms with Crippen molar-refractivity contribution in [3.05, 3.63) is 58.3 Å². The van der Waals surface area contributed by atoms with Gasteiger partial charge in [0, 0.05) is 37.5 Å². The van der Waals surface area contributed by atoms with Gasteiger partial charge in [0.2, 0.25) is 5.91 Å². The maximum Gasteiger partial charge on any atom is 0.224 e. The van der Waals surface area contributed by atoms with Crippen LogP contribution in [0.1, 0.15) is 37.1 Å². The van der Waals surface area contributed by atoms with Gasteiger partial charge in [0.15, 0.2) is 10.6 Å². The number of carbonyl (C=O) groups excluding carboxylic acids is 1. The third kappa shape index (κ3) is 4.76. The minimum Gasteiger partial charge on any atom is -0.494 e. The first kappa shape index (κ1) is 22.7. The van der Waals surface area contributed by atoms with Gasteiger partial charge in [-0.3, -0.25) is 14.5 Å². The van der Waals surface area contributed by atoms with Gasteiger partial charge in [-0.1, -0.05) is 12.1 Å². The number of hydrogen-bond acceptors (Lipinski definition) is 6. The molecule has 0 atom stereocenters. The molecule has 0 bridgehead atoms. The zero-order valence-electron chi connectivity index (χ0n) is 19.1. The summed E-state index contributed by atoms with van der Waals surface area (Å²) in [5.41, 5.74) is 2.00. The number of nitrogens with zero attached hydrogens (tertiary/aromatic N) is 4. The summed E-state index contributed by atoms with van der Waals surface area (Å²) in [4.78, 5) is 19.8. The molecule has 1 saturated heterocycles. The predicted octanol–water partition coefficient (Wildman–Crippen LogP) is 5.41. The number of fused-ring (bicyclic) bond motifs is 1. The first-order valence-corrected chi connectivity index (χ1v) is 12.9. The minimum atomic E-state index is 0.156. The van der Waals surface area contributed by atoms with Crippen molar-refractivity contribution in [3.63, 3.8) is 0 Å². The Kier molecular flexibility index (Phi) is 6.73. The molecule has 0 saturated carbocycles. The zero-order chi connectivity index (χ0) is 23.5. The van der Waals surface area contributed by atoms with Crippen LogP contribution in [0.2, 0.25) is 0 Å². The van der Waals surface area contributed by atoms with E-state index in [9.17, 15) is 4.79 Å². The van der Waals surface area contributed by atoms with Crippen LogP contribution in [0.3, 0.4) is 0 Å². The summed E-state index contributed by atoms with van der Waals surface area (Å²) in [5, 5.41) is 8.45. The summed E-state index contributed by atoms with van der Waals surface area (Å²) < 4.78 is 9.17. The second kappa shape index (κ2) is 10.1. The standard InChI is InChI=1S/C25H27N5O2S2/c1-2-32-19-9-7-17(8-10-19)23-27-28-25(33)30(23)16-13-22(31)29-14-11-18(12-15-29)24-26-20-5-3-4-6-21(20)34-24/h3-10,18H,2,11-16H2,1H3,(H,28,33). The summed E-state index contributed by atoms with van der Waals surface area (Å²) in [6.45, 7) is 4.61. The highest BCUT2D eigenvalue weighted by Gasteiger charge is 2.26. The minimum absolute atomic E-state index is 0.156. The molecule has 4 aromatic rings. The van der Waals surface area contributed by atoms with Crippen LogP contribution in [-0.2, 0) is 11.3 Å². The molecule has 176 valence electrons. The van der Waals surface area contributed by atoms with Gasteiger partial charge in [-0.15, -0.1) is 11.3 Å². The van der Waals surface area contributed by atoms with Crippen molar-refractivity contribution < 1.29 is 9.53 Å². The second-order valence-electron chi connectivity index (χ2n) is 8.39. The Morgan fingerprint density at radius 1 is 1.18 bits per heavy atom. The molecule has 2 aromatic carbocycles. The van der Waals surface area contributed by atoms with Crippen LogP contribution in [0.4, 0.5) is 0 Å². The number of benzene rings is 2. The lowest BCUT2D eigenvalue weighted by Crippen LogP contribution is -2.38. The molecule has 1 amide bonds. The summed E-state index contributed by atoms with van der Waals surface area (Å²) in [6.07, 6.45) is 2.30. The fourth-order valence-corrected chi connectivity index (χ4v) is 5.78. The third-order valence-corrected chi connectivity index (χ3v) is 7.75. The van der Waals surface area contributed by atoms with Crippen LogP contribution < -0.4 is 4.74 Å². The van der Waals surface area contributed by atoms with E-state index >= 15 is 0 Å². The van der Waals surface area contributed by atoms with E-state index in [1.54, 1.807) is 11.3 Å². The lowest BCUT2D eigenvalue weighted by Gasteiger charge is -2.31. The number of piperidine rings is 1. The number of likely N-dealkylation sites (tertiary alicyclic amines) is 1. The van der Waals surface area contributed by atoms with E-state index < -0.39 is 0 Å². The number of nitrogens with one attached hydrogen (secondary N) is 1. The number of thiazole rings is 1. The number of aromatic amines is 1. The molecule has 0 radical (unpaired) electrons. The highest BCUT2D eigenvalue weighted by Crippen LogP contribution is 2.34. The molecular formula is C25H27N5O2S2. The molecule has 0 aliphatic carbocycles. The largest absolute Gasteiger partial charge is 0.494 e. The molecule has 9 heteroatoms. The van der Waals surface area contributed by atoms with Crippen molar-refractivity contribution in [2.45, 2.75) is 38.6 Å². The Morgan fingerprint density at radius 2 is 1.94 bits per heavy atom. The molecule has 7 nitrogen and oxygen atoms in total. The average molecular weight is 494 g/mol. The van der Waals surface area contributed by atoms with Gasteiger partial charge < -0.3 is 9.64 Å². The Bertz CT molecular complexity index is 1300. The fourth-order valence-electron chi connectivity index (χ4n) is 4.42. The Balaban J connectivity index is 1.19. The lowest BCUT2D eigenvalue weighted by atomic mass is 9.97. The molecule has 1 aliphatic rings. The number of hydrogen-bond donors (Lipinski definition) is 1. The van der Waals surface area contributed by atoms with Crippen molar-refractivity contribution in [1.82, 2.24) is 24.6 Å². The van der Waals surface area contributed by atoms with Gasteiger partial charge in [0.1, 0.15) is 5.75 Å². The molecule has 5 rings (SSSR count). The second-order valence-corrected chi connectivity index (χ2v) is 9.84. The van der Waals surface area contributed by atoms with Gasteiger partial charge in [-0.25, -0.2) is 4.98 Å². The predicted molar refractivity (Wildman–Crippen MR) is 137 cm³/mol. The highest BCUT2D eigenvalue weighted by molar-refractivity contribution is 7.71. The van der Waals surface area contributed by atoms with Gasteiger partial charge in [0.05, 0.1) is 21.8 Å². The van der Waals surface area contributed by atoms with Crippen molar-refractivity contribution in [2.24, 2.45) is 0 Å². The smallest absolute Gasteiger partial charge is 0.224 e. The molecular weight excluding hydrogens is 466 g/mol. The summed E-state index contributed by atoms with van der Waals surface area (Å²) >= 11 is 7.21. The van der Waals surface area contributed by atoms with Gasteiger partial charge >= 0.3 is 0 Å². The number of para-hydroxylation sites is 1. The van der Waals surface area contributed by atoms with E-state index in [4.69, 9.17) is 21.9 Å². The molecule has 1 aliphatic heterocycles. The van der Waals surface area contributed by atoms with Crippen LogP contribution in [0.25, 0.3) is 21.6 Å². The van der Waals surface area contributed by atoms with Crippen LogP contribution in [-0.4, -0.2) is 50.3 Å². The van der Waals surface area contributed by atoms with E-state index in [0.717, 1.165) is 48.6 Å². The van der Waals surface area contributed by atoms with Crippen molar-refractivity contribution in [1.29, 1.82) is 0 Å². The topological polar surface area (TPSA) is 76.0 Å². The Labute approximate surface area is 207 Å². The number of rotatable bonds is 7. The Hall–Kier alpha value is -3.04. The molecule has 0 spiro atoms. The van der Waals surface area contributed by atoms with Crippen molar-refractivity contribution in [2.75, 3.05) is 19.7 Å². The number of ether oxygens (including phenoxy) is 1. The van der Waals surface area contributed by atoms with Crippen LogP contribution >= 0.6 is 23.6 Å². The number of carbonyl (C=O) groups is 1. The van der Waals surface area contributed by atoms with Crippen LogP contribution in [0.15, 0.2) is 48.5 Å². The molecule has 0 unspecified atom stereocenters. The maximum atomic E-state index is 13.0. The van der Waals surface area contributed by atoms with Gasteiger partial charge in [-0.2, -0.15) is 5.10 Å².